The average molecular weight is 429 g/mol. The number of carbonyl (C=O) groups excluding carboxylic acids is 1. The second-order valence-electron chi connectivity index (χ2n) is 6.83. The van der Waals surface area contributed by atoms with Crippen LogP contribution in [0.2, 0.25) is 0 Å². The lowest BCUT2D eigenvalue weighted by atomic mass is 10.1. The largest absolute Gasteiger partial charge is 0.417 e. The van der Waals surface area contributed by atoms with E-state index >= 15 is 0 Å². The summed E-state index contributed by atoms with van der Waals surface area (Å²) >= 11 is 1.05. The summed E-state index contributed by atoms with van der Waals surface area (Å²) in [6.07, 6.45) is 0.731. The van der Waals surface area contributed by atoms with Crippen molar-refractivity contribution in [2.45, 2.75) is 17.5 Å². The molecule has 0 saturated carbocycles. The molecule has 1 N–H and O–H groups in total. The highest BCUT2D eigenvalue weighted by Gasteiger charge is 2.36. The van der Waals surface area contributed by atoms with E-state index < -0.39 is 17.8 Å². The summed E-state index contributed by atoms with van der Waals surface area (Å²) < 4.78 is 39.7. The van der Waals surface area contributed by atoms with Crippen LogP contribution in [-0.4, -0.2) is 23.8 Å². The van der Waals surface area contributed by atoms with Crippen LogP contribution in [0.15, 0.2) is 65.8 Å². The number of nitrogens with zero attached hydrogens (tertiary/aromatic N) is 2. The second kappa shape index (κ2) is 8.02. The fourth-order valence-corrected chi connectivity index (χ4v) is 3.97. The number of thioether (sulfide) groups is 1. The number of anilines is 2. The van der Waals surface area contributed by atoms with Crippen molar-refractivity contribution in [2.75, 3.05) is 23.0 Å². The number of pyridine rings is 1. The Bertz CT molecular complexity index is 1070. The van der Waals surface area contributed by atoms with Crippen LogP contribution >= 0.6 is 11.8 Å². The maximum atomic E-state index is 13.2. The molecule has 0 spiro atoms. The summed E-state index contributed by atoms with van der Waals surface area (Å²) in [7, 11) is 0. The minimum atomic E-state index is -4.46. The van der Waals surface area contributed by atoms with Crippen molar-refractivity contribution in [3.05, 3.63) is 72.1 Å². The molecular weight excluding hydrogens is 411 g/mol. The molecule has 1 aromatic carbocycles. The zero-order valence-corrected chi connectivity index (χ0v) is 16.8. The average Bonchev–Trinajstić information content (AvgIpc) is 3.12. The van der Waals surface area contributed by atoms with E-state index in [4.69, 9.17) is 0 Å². The lowest BCUT2D eigenvalue weighted by Gasteiger charge is -2.20. The van der Waals surface area contributed by atoms with Crippen LogP contribution in [0, 0.1) is 0 Å². The SMILES string of the molecule is CSc1cc2c(cc1C(F)(F)F)N(C(=O)Nc1cccnc1)CC2.c1cc2cc-2c1. The van der Waals surface area contributed by atoms with E-state index in [9.17, 15) is 18.0 Å². The topological polar surface area (TPSA) is 45.2 Å². The molecule has 4 nitrogen and oxygen atoms in total. The Labute approximate surface area is 176 Å². The highest BCUT2D eigenvalue weighted by molar-refractivity contribution is 7.98. The highest BCUT2D eigenvalue weighted by atomic mass is 32.2. The number of rotatable bonds is 2. The second-order valence-corrected chi connectivity index (χ2v) is 7.68. The first-order chi connectivity index (χ1) is 14.4. The molecule has 0 radical (unpaired) electrons. The van der Waals surface area contributed by atoms with E-state index in [1.807, 2.05) is 0 Å². The van der Waals surface area contributed by atoms with Gasteiger partial charge in [-0.15, -0.1) is 11.8 Å². The van der Waals surface area contributed by atoms with Crippen LogP contribution in [-0.2, 0) is 12.6 Å². The van der Waals surface area contributed by atoms with Crippen LogP contribution in [0.1, 0.15) is 11.1 Å². The van der Waals surface area contributed by atoms with E-state index in [0.29, 0.717) is 24.3 Å². The molecule has 3 aliphatic rings. The lowest BCUT2D eigenvalue weighted by Crippen LogP contribution is -2.33. The maximum absolute atomic E-state index is 13.2. The molecule has 154 valence electrons. The van der Waals surface area contributed by atoms with Crippen LogP contribution in [0.25, 0.3) is 11.1 Å². The van der Waals surface area contributed by atoms with Gasteiger partial charge in [0.2, 0.25) is 0 Å². The Morgan fingerprint density at radius 3 is 2.43 bits per heavy atom. The Hall–Kier alpha value is -3.00. The molecule has 0 unspecified atom stereocenters. The third kappa shape index (κ3) is 4.28. The van der Waals surface area contributed by atoms with Gasteiger partial charge in [0.05, 0.1) is 17.4 Å². The number of hydrogen-bond acceptors (Lipinski definition) is 3. The monoisotopic (exact) mass is 429 g/mol. The van der Waals surface area contributed by atoms with E-state index in [0.717, 1.165) is 23.4 Å². The summed E-state index contributed by atoms with van der Waals surface area (Å²) in [5, 5.41) is 2.65. The van der Waals surface area contributed by atoms with Gasteiger partial charge in [0, 0.05) is 23.3 Å². The fourth-order valence-electron chi connectivity index (χ4n) is 3.32. The number of aromatic nitrogens is 1. The molecule has 0 saturated heterocycles. The number of benzene rings is 2. The predicted molar refractivity (Wildman–Crippen MR) is 113 cm³/mol. The first kappa shape index (κ1) is 20.3. The number of hydrogen-bond donors (Lipinski definition) is 1. The normalized spacial score (nSPS) is 13.3. The van der Waals surface area contributed by atoms with Crippen molar-refractivity contribution >= 4 is 29.2 Å². The predicted octanol–water partition coefficient (Wildman–Crippen LogP) is 6.08. The van der Waals surface area contributed by atoms with Crippen molar-refractivity contribution < 1.29 is 18.0 Å². The van der Waals surface area contributed by atoms with Gasteiger partial charge in [-0.2, -0.15) is 13.2 Å². The number of amides is 2. The minimum absolute atomic E-state index is 0.177. The Balaban J connectivity index is 0.000000305. The van der Waals surface area contributed by atoms with Crippen LogP contribution < -0.4 is 10.2 Å². The molecule has 2 aromatic rings. The summed E-state index contributed by atoms with van der Waals surface area (Å²) in [6, 6.07) is 13.9. The molecular formula is C22H18F3N3OS. The number of carbonyl (C=O) groups is 1. The molecule has 2 amide bonds. The van der Waals surface area contributed by atoms with E-state index in [2.05, 4.69) is 34.6 Å². The van der Waals surface area contributed by atoms with E-state index in [1.54, 1.807) is 24.6 Å². The smallest absolute Gasteiger partial charge is 0.306 e. The quantitative estimate of drug-likeness (QED) is 0.393. The fraction of sp³-hybridized carbons (Fsp3) is 0.182. The van der Waals surface area contributed by atoms with Crippen LogP contribution in [0.4, 0.5) is 29.3 Å². The first-order valence-corrected chi connectivity index (χ1v) is 10.5. The molecule has 0 fully saturated rings. The number of halogens is 3. The minimum Gasteiger partial charge on any atom is -0.306 e. The molecule has 1 aliphatic heterocycles. The third-order valence-corrected chi connectivity index (χ3v) is 5.65. The Morgan fingerprint density at radius 1 is 1.13 bits per heavy atom. The third-order valence-electron chi connectivity index (χ3n) is 4.87. The van der Waals surface area contributed by atoms with Gasteiger partial charge in [0.15, 0.2) is 0 Å². The van der Waals surface area contributed by atoms with Gasteiger partial charge >= 0.3 is 12.2 Å². The summed E-state index contributed by atoms with van der Waals surface area (Å²) in [6.45, 7) is 0.344. The summed E-state index contributed by atoms with van der Waals surface area (Å²) in [4.78, 5) is 17.8. The standard InChI is InChI=1S/C16H14F3N3OS.C6H4/c1-24-14-7-10-4-6-22(13(10)8-12(14)16(17,18)19)15(23)21-11-3-2-5-20-9-11;1-2-5-4-6(5)3-1/h2-3,5,7-9H,4,6H2,1H3,(H,21,23);1-4H. The van der Waals surface area contributed by atoms with Crippen molar-refractivity contribution in [1.82, 2.24) is 4.98 Å². The van der Waals surface area contributed by atoms with Gasteiger partial charge in [-0.3, -0.25) is 9.88 Å². The number of fused-ring (bicyclic) bond motifs is 2. The molecule has 8 heteroatoms. The number of urea groups is 1. The molecule has 0 bridgehead atoms. The molecule has 0 atom stereocenters. The Morgan fingerprint density at radius 2 is 1.90 bits per heavy atom. The van der Waals surface area contributed by atoms with Crippen molar-refractivity contribution in [3.63, 3.8) is 0 Å². The number of alkyl halides is 3. The van der Waals surface area contributed by atoms with Gasteiger partial charge in [0.1, 0.15) is 0 Å². The van der Waals surface area contributed by atoms with Gasteiger partial charge in [-0.05, 0) is 59.7 Å². The maximum Gasteiger partial charge on any atom is 0.417 e. The van der Waals surface area contributed by atoms with Crippen LogP contribution in [0.3, 0.4) is 0 Å². The zero-order valence-electron chi connectivity index (χ0n) is 16.0. The summed E-state index contributed by atoms with van der Waals surface area (Å²) in [5.74, 6) is 0. The lowest BCUT2D eigenvalue weighted by molar-refractivity contribution is -0.139. The van der Waals surface area contributed by atoms with Crippen molar-refractivity contribution in [2.24, 2.45) is 0 Å². The van der Waals surface area contributed by atoms with E-state index in [-0.39, 0.29) is 4.90 Å². The van der Waals surface area contributed by atoms with Crippen molar-refractivity contribution in [3.8, 4) is 11.1 Å². The van der Waals surface area contributed by atoms with Crippen molar-refractivity contribution in [1.29, 1.82) is 0 Å². The van der Waals surface area contributed by atoms with Crippen LogP contribution in [0.5, 0.6) is 0 Å². The van der Waals surface area contributed by atoms with E-state index in [1.165, 1.54) is 28.3 Å². The first-order valence-electron chi connectivity index (χ1n) is 9.24. The van der Waals surface area contributed by atoms with Gasteiger partial charge in [-0.1, -0.05) is 18.2 Å². The van der Waals surface area contributed by atoms with Gasteiger partial charge in [-0.25, -0.2) is 4.79 Å². The molecule has 2 aliphatic carbocycles. The zero-order chi connectivity index (χ0) is 21.3. The van der Waals surface area contributed by atoms with Gasteiger partial charge in [0.25, 0.3) is 0 Å². The highest BCUT2D eigenvalue weighted by Crippen LogP contribution is 2.42. The molecule has 1 aromatic heterocycles. The molecule has 30 heavy (non-hydrogen) atoms. The molecule has 5 rings (SSSR count). The molecule has 2 heterocycles. The summed E-state index contributed by atoms with van der Waals surface area (Å²) in [5.41, 5.74) is 3.68. The number of nitrogens with one attached hydrogen (secondary N) is 1. The Kier molecular flexibility index (Phi) is 5.42. The van der Waals surface area contributed by atoms with Gasteiger partial charge < -0.3 is 5.32 Å².